The van der Waals surface area contributed by atoms with Crippen molar-refractivity contribution in [2.45, 2.75) is 6.92 Å². The lowest BCUT2D eigenvalue weighted by Crippen LogP contribution is -2.49. The molecule has 1 aromatic rings. The predicted octanol–water partition coefficient (Wildman–Crippen LogP) is 0.741. The van der Waals surface area contributed by atoms with Gasteiger partial charge in [-0.3, -0.25) is 9.69 Å². The van der Waals surface area contributed by atoms with Crippen molar-refractivity contribution in [1.82, 2.24) is 4.90 Å². The first kappa shape index (κ1) is 12.8. The van der Waals surface area contributed by atoms with E-state index in [1.54, 1.807) is 6.07 Å². The number of amides is 1. The van der Waals surface area contributed by atoms with Crippen LogP contribution >= 0.6 is 0 Å². The summed E-state index contributed by atoms with van der Waals surface area (Å²) < 4.78 is 13.8. The maximum atomic E-state index is 13.8. The number of anilines is 1. The number of halogens is 1. The Hall–Kier alpha value is -1.62. The molecule has 5 heteroatoms. The molecule has 0 unspecified atom stereocenters. The zero-order valence-electron chi connectivity index (χ0n) is 10.5. The fraction of sp³-hybridized carbons (Fsp3) is 0.462. The Bertz CT molecular complexity index is 422. The second kappa shape index (κ2) is 5.35. The molecule has 1 aliphatic rings. The third-order valence-corrected chi connectivity index (χ3v) is 3.26. The normalized spacial score (nSPS) is 16.9. The summed E-state index contributed by atoms with van der Waals surface area (Å²) in [5, 5.41) is 0. The minimum Gasteiger partial charge on any atom is -0.369 e. The van der Waals surface area contributed by atoms with E-state index in [0.717, 1.165) is 31.7 Å². The van der Waals surface area contributed by atoms with Crippen LogP contribution in [0.5, 0.6) is 0 Å². The van der Waals surface area contributed by atoms with Crippen molar-refractivity contribution in [2.24, 2.45) is 5.73 Å². The van der Waals surface area contributed by atoms with Crippen molar-refractivity contribution >= 4 is 11.6 Å². The number of hydrogen-bond donors (Lipinski definition) is 1. The maximum absolute atomic E-state index is 13.8. The number of para-hydroxylation sites is 1. The Morgan fingerprint density at radius 3 is 2.56 bits per heavy atom. The fourth-order valence-corrected chi connectivity index (χ4v) is 2.37. The van der Waals surface area contributed by atoms with Gasteiger partial charge >= 0.3 is 0 Å². The topological polar surface area (TPSA) is 49.6 Å². The van der Waals surface area contributed by atoms with Crippen LogP contribution in [0.25, 0.3) is 0 Å². The van der Waals surface area contributed by atoms with E-state index in [0.29, 0.717) is 5.69 Å². The SMILES string of the molecule is Cc1cccc(F)c1N1CCN(CC(N)=O)CC1. The largest absolute Gasteiger partial charge is 0.369 e. The number of hydrogen-bond acceptors (Lipinski definition) is 3. The summed E-state index contributed by atoms with van der Waals surface area (Å²) in [4.78, 5) is 14.9. The zero-order valence-corrected chi connectivity index (χ0v) is 10.5. The molecule has 18 heavy (non-hydrogen) atoms. The molecule has 1 saturated heterocycles. The van der Waals surface area contributed by atoms with Crippen LogP contribution in [0.15, 0.2) is 18.2 Å². The molecule has 0 aliphatic carbocycles. The van der Waals surface area contributed by atoms with Gasteiger partial charge in [-0.15, -0.1) is 0 Å². The van der Waals surface area contributed by atoms with Gasteiger partial charge in [-0.1, -0.05) is 12.1 Å². The number of nitrogens with zero attached hydrogens (tertiary/aromatic N) is 2. The van der Waals surface area contributed by atoms with Crippen LogP contribution in [-0.4, -0.2) is 43.5 Å². The Kier molecular flexibility index (Phi) is 3.81. The molecule has 98 valence electrons. The van der Waals surface area contributed by atoms with Gasteiger partial charge in [-0.05, 0) is 18.6 Å². The molecular formula is C13H18FN3O. The molecule has 4 nitrogen and oxygen atoms in total. The summed E-state index contributed by atoms with van der Waals surface area (Å²) >= 11 is 0. The number of benzene rings is 1. The number of rotatable bonds is 3. The lowest BCUT2D eigenvalue weighted by atomic mass is 10.1. The van der Waals surface area contributed by atoms with E-state index in [1.165, 1.54) is 6.07 Å². The van der Waals surface area contributed by atoms with Gasteiger partial charge in [-0.25, -0.2) is 4.39 Å². The highest BCUT2D eigenvalue weighted by Crippen LogP contribution is 2.24. The Labute approximate surface area is 106 Å². The molecule has 0 spiro atoms. The molecule has 1 aliphatic heterocycles. The molecule has 1 aromatic carbocycles. The molecule has 0 atom stereocenters. The van der Waals surface area contributed by atoms with E-state index < -0.39 is 0 Å². The van der Waals surface area contributed by atoms with Gasteiger partial charge in [0.1, 0.15) is 5.82 Å². The number of carbonyl (C=O) groups excluding carboxylic acids is 1. The van der Waals surface area contributed by atoms with E-state index in [-0.39, 0.29) is 18.3 Å². The predicted molar refractivity (Wildman–Crippen MR) is 69.0 cm³/mol. The first-order valence-corrected chi connectivity index (χ1v) is 6.08. The highest BCUT2D eigenvalue weighted by atomic mass is 19.1. The fourth-order valence-electron chi connectivity index (χ4n) is 2.37. The molecule has 0 aromatic heterocycles. The molecular weight excluding hydrogens is 233 g/mol. The van der Waals surface area contributed by atoms with Gasteiger partial charge in [0.25, 0.3) is 0 Å². The van der Waals surface area contributed by atoms with Gasteiger partial charge < -0.3 is 10.6 Å². The summed E-state index contributed by atoms with van der Waals surface area (Å²) in [6.07, 6.45) is 0. The highest BCUT2D eigenvalue weighted by molar-refractivity contribution is 5.76. The lowest BCUT2D eigenvalue weighted by Gasteiger charge is -2.36. The molecule has 1 amide bonds. The lowest BCUT2D eigenvalue weighted by molar-refractivity contribution is -0.119. The van der Waals surface area contributed by atoms with Crippen LogP contribution in [-0.2, 0) is 4.79 Å². The summed E-state index contributed by atoms with van der Waals surface area (Å²) in [7, 11) is 0. The average molecular weight is 251 g/mol. The van der Waals surface area contributed by atoms with Crippen LogP contribution in [0.2, 0.25) is 0 Å². The molecule has 0 saturated carbocycles. The Balaban J connectivity index is 2.03. The van der Waals surface area contributed by atoms with E-state index in [9.17, 15) is 9.18 Å². The van der Waals surface area contributed by atoms with Crippen molar-refractivity contribution in [3.63, 3.8) is 0 Å². The van der Waals surface area contributed by atoms with Crippen LogP contribution in [0.3, 0.4) is 0 Å². The van der Waals surface area contributed by atoms with Crippen molar-refractivity contribution in [1.29, 1.82) is 0 Å². The molecule has 1 heterocycles. The molecule has 0 radical (unpaired) electrons. The highest BCUT2D eigenvalue weighted by Gasteiger charge is 2.21. The number of carbonyl (C=O) groups is 1. The summed E-state index contributed by atoms with van der Waals surface area (Å²) in [6, 6.07) is 5.11. The van der Waals surface area contributed by atoms with E-state index in [4.69, 9.17) is 5.73 Å². The molecule has 2 N–H and O–H groups in total. The minimum atomic E-state index is -0.314. The second-order valence-electron chi connectivity index (χ2n) is 4.63. The number of nitrogens with two attached hydrogens (primary N) is 1. The molecule has 2 rings (SSSR count). The third-order valence-electron chi connectivity index (χ3n) is 3.26. The maximum Gasteiger partial charge on any atom is 0.231 e. The number of aryl methyl sites for hydroxylation is 1. The second-order valence-corrected chi connectivity index (χ2v) is 4.63. The standard InChI is InChI=1S/C13H18FN3O/c1-10-3-2-4-11(14)13(10)17-7-5-16(6-8-17)9-12(15)18/h2-4H,5-9H2,1H3,(H2,15,18). The summed E-state index contributed by atoms with van der Waals surface area (Å²) in [5.41, 5.74) is 6.78. The Morgan fingerprint density at radius 1 is 1.33 bits per heavy atom. The number of primary amides is 1. The first-order valence-electron chi connectivity index (χ1n) is 6.08. The molecule has 0 bridgehead atoms. The van der Waals surface area contributed by atoms with Crippen molar-refractivity contribution < 1.29 is 9.18 Å². The van der Waals surface area contributed by atoms with E-state index in [1.807, 2.05) is 22.8 Å². The Morgan fingerprint density at radius 2 is 2.00 bits per heavy atom. The summed E-state index contributed by atoms with van der Waals surface area (Å²) in [6.45, 7) is 5.09. The monoisotopic (exact) mass is 251 g/mol. The smallest absolute Gasteiger partial charge is 0.231 e. The van der Waals surface area contributed by atoms with Crippen LogP contribution < -0.4 is 10.6 Å². The van der Waals surface area contributed by atoms with Crippen LogP contribution in [0.1, 0.15) is 5.56 Å². The van der Waals surface area contributed by atoms with Gasteiger partial charge in [-0.2, -0.15) is 0 Å². The zero-order chi connectivity index (χ0) is 13.1. The minimum absolute atomic E-state index is 0.182. The molecule has 1 fully saturated rings. The van der Waals surface area contributed by atoms with Crippen LogP contribution in [0, 0.1) is 12.7 Å². The van der Waals surface area contributed by atoms with Gasteiger partial charge in [0.2, 0.25) is 5.91 Å². The van der Waals surface area contributed by atoms with E-state index >= 15 is 0 Å². The van der Waals surface area contributed by atoms with Gasteiger partial charge in [0.15, 0.2) is 0 Å². The van der Waals surface area contributed by atoms with Gasteiger partial charge in [0.05, 0.1) is 12.2 Å². The van der Waals surface area contributed by atoms with E-state index in [2.05, 4.69) is 0 Å². The van der Waals surface area contributed by atoms with Crippen molar-refractivity contribution in [2.75, 3.05) is 37.6 Å². The average Bonchev–Trinajstić information content (AvgIpc) is 2.30. The van der Waals surface area contributed by atoms with Crippen molar-refractivity contribution in [3.05, 3.63) is 29.6 Å². The van der Waals surface area contributed by atoms with Crippen molar-refractivity contribution in [3.8, 4) is 0 Å². The van der Waals surface area contributed by atoms with Crippen LogP contribution in [0.4, 0.5) is 10.1 Å². The van der Waals surface area contributed by atoms with Gasteiger partial charge in [0, 0.05) is 26.2 Å². The first-order chi connectivity index (χ1) is 8.58. The quantitative estimate of drug-likeness (QED) is 0.862. The summed E-state index contributed by atoms with van der Waals surface area (Å²) in [5.74, 6) is -0.496. The number of piperazine rings is 1. The third kappa shape index (κ3) is 2.79.